The van der Waals surface area contributed by atoms with Crippen molar-refractivity contribution in [3.8, 4) is 0 Å². The summed E-state index contributed by atoms with van der Waals surface area (Å²) in [6.45, 7) is 11.8. The highest BCUT2D eigenvalue weighted by molar-refractivity contribution is 7.47. The third-order valence-electron chi connectivity index (χ3n) is 16.6. The normalized spacial score (nSPS) is 14.2. The van der Waals surface area contributed by atoms with Crippen LogP contribution >= 0.6 is 15.6 Å². The van der Waals surface area contributed by atoms with E-state index < -0.39 is 97.5 Å². The van der Waals surface area contributed by atoms with Crippen molar-refractivity contribution in [3.63, 3.8) is 0 Å². The van der Waals surface area contributed by atoms with E-state index in [-0.39, 0.29) is 25.7 Å². The van der Waals surface area contributed by atoms with E-state index in [2.05, 4.69) is 48.5 Å². The van der Waals surface area contributed by atoms with Gasteiger partial charge < -0.3 is 33.8 Å². The number of carbonyl (C=O) groups is 4. The topological polar surface area (TPSA) is 237 Å². The molecule has 0 heterocycles. The highest BCUT2D eigenvalue weighted by Crippen LogP contribution is 2.45. The number of rotatable bonds is 70. The molecule has 0 aliphatic rings. The molecule has 0 radical (unpaired) electrons. The number of phosphoric acid groups is 2. The molecule has 5 atom stereocenters. The molecule has 19 heteroatoms. The third kappa shape index (κ3) is 66.5. The first-order valence-corrected chi connectivity index (χ1v) is 40.3. The van der Waals surface area contributed by atoms with Gasteiger partial charge >= 0.3 is 39.5 Å². The maximum Gasteiger partial charge on any atom is 0.472 e. The van der Waals surface area contributed by atoms with Crippen LogP contribution in [0.4, 0.5) is 0 Å². The average Bonchev–Trinajstić information content (AvgIpc) is 2.80. The van der Waals surface area contributed by atoms with E-state index in [1.54, 1.807) is 0 Å². The molecule has 0 rings (SSSR count). The summed E-state index contributed by atoms with van der Waals surface area (Å²) >= 11 is 0. The average molecular weight is 1340 g/mol. The number of ether oxygens (including phenoxy) is 4. The molecule has 0 amide bonds. The van der Waals surface area contributed by atoms with Gasteiger partial charge in [-0.3, -0.25) is 37.3 Å². The van der Waals surface area contributed by atoms with Gasteiger partial charge in [0.2, 0.25) is 0 Å². The number of carbonyl (C=O) groups excluding carboxylic acids is 4. The van der Waals surface area contributed by atoms with Gasteiger partial charge in [-0.15, -0.1) is 0 Å². The van der Waals surface area contributed by atoms with E-state index in [4.69, 9.17) is 37.0 Å². The van der Waals surface area contributed by atoms with Gasteiger partial charge in [-0.2, -0.15) is 0 Å². The highest BCUT2D eigenvalue weighted by atomic mass is 31.2. The van der Waals surface area contributed by atoms with Gasteiger partial charge in [0.05, 0.1) is 26.4 Å². The Labute approximate surface area is 556 Å². The van der Waals surface area contributed by atoms with Gasteiger partial charge in [-0.25, -0.2) is 9.13 Å². The lowest BCUT2D eigenvalue weighted by Gasteiger charge is -2.21. The number of esters is 4. The lowest BCUT2D eigenvalue weighted by Crippen LogP contribution is -2.30. The molecule has 91 heavy (non-hydrogen) atoms. The van der Waals surface area contributed by atoms with Crippen LogP contribution in [0.2, 0.25) is 0 Å². The first-order valence-electron chi connectivity index (χ1n) is 37.3. The summed E-state index contributed by atoms with van der Waals surface area (Å²) in [4.78, 5) is 72.4. The number of unbranched alkanes of at least 4 members (excludes halogenated alkanes) is 38. The Bertz CT molecular complexity index is 1780. The molecule has 0 aromatic carbocycles. The zero-order valence-corrected chi connectivity index (χ0v) is 61.1. The van der Waals surface area contributed by atoms with Crippen molar-refractivity contribution >= 4 is 39.5 Å². The van der Waals surface area contributed by atoms with E-state index in [1.165, 1.54) is 167 Å². The molecular weight excluding hydrogens is 1200 g/mol. The largest absolute Gasteiger partial charge is 0.472 e. The van der Waals surface area contributed by atoms with E-state index in [0.717, 1.165) is 114 Å². The molecule has 0 spiro atoms. The molecule has 0 bridgehead atoms. The zero-order chi connectivity index (χ0) is 67.3. The number of hydrogen-bond acceptors (Lipinski definition) is 15. The predicted octanol–water partition coefficient (Wildman–Crippen LogP) is 20.6. The van der Waals surface area contributed by atoms with Crippen molar-refractivity contribution in [3.05, 3.63) is 0 Å². The van der Waals surface area contributed by atoms with Crippen molar-refractivity contribution in [1.29, 1.82) is 0 Å². The van der Waals surface area contributed by atoms with Crippen LogP contribution in [0.5, 0.6) is 0 Å². The molecule has 17 nitrogen and oxygen atoms in total. The van der Waals surface area contributed by atoms with Crippen LogP contribution in [0.1, 0.15) is 363 Å². The van der Waals surface area contributed by atoms with Gasteiger partial charge in [-0.05, 0) is 43.4 Å². The standard InChI is InChI=1S/C72H140O17P2/c1-8-9-10-36-46-53-69(74)82-59-67(88-71(76)55-49-42-35-29-23-17-15-20-26-32-39-45-52-65(6)7)61-86-90(78,79)84-57-66(73)58-85-91(80,81)87-62-68(60-83-70(75)54-47-40-33-27-21-16-14-19-25-31-38-44-51-64(4)5)89-72(77)56-48-41-34-28-22-13-11-12-18-24-30-37-43-50-63(2)3/h63-68,73H,8-62H2,1-7H3,(H,78,79)(H,80,81)/t66-,67+,68+/m0/s1. The summed E-state index contributed by atoms with van der Waals surface area (Å²) < 4.78 is 68.2. The fourth-order valence-corrected chi connectivity index (χ4v) is 12.5. The van der Waals surface area contributed by atoms with E-state index in [9.17, 15) is 43.2 Å². The van der Waals surface area contributed by atoms with Crippen molar-refractivity contribution in [2.24, 2.45) is 17.8 Å². The first kappa shape index (κ1) is 89.1. The summed E-state index contributed by atoms with van der Waals surface area (Å²) in [5.41, 5.74) is 0. The second-order valence-corrected chi connectivity index (χ2v) is 30.3. The molecule has 3 N–H and O–H groups in total. The molecule has 2 unspecified atom stereocenters. The molecular formula is C72H140O17P2. The Kier molecular flexibility index (Phi) is 61.5. The monoisotopic (exact) mass is 1340 g/mol. The van der Waals surface area contributed by atoms with E-state index >= 15 is 0 Å². The predicted molar refractivity (Wildman–Crippen MR) is 368 cm³/mol. The summed E-state index contributed by atoms with van der Waals surface area (Å²) in [6, 6.07) is 0. The van der Waals surface area contributed by atoms with Crippen LogP contribution in [0.15, 0.2) is 0 Å². The molecule has 0 aromatic heterocycles. The maximum absolute atomic E-state index is 13.0. The van der Waals surface area contributed by atoms with Crippen LogP contribution < -0.4 is 0 Å². The molecule has 540 valence electrons. The quantitative estimate of drug-likeness (QED) is 0.0222. The fourth-order valence-electron chi connectivity index (χ4n) is 10.9. The summed E-state index contributed by atoms with van der Waals surface area (Å²) in [6.07, 6.45) is 47.5. The maximum atomic E-state index is 13.0. The lowest BCUT2D eigenvalue weighted by atomic mass is 10.0. The minimum atomic E-state index is -4.95. The second kappa shape index (κ2) is 62.8. The van der Waals surface area contributed by atoms with Crippen LogP contribution in [-0.4, -0.2) is 96.7 Å². The van der Waals surface area contributed by atoms with Crippen molar-refractivity contribution in [2.75, 3.05) is 39.6 Å². The minimum absolute atomic E-state index is 0.106. The lowest BCUT2D eigenvalue weighted by molar-refractivity contribution is -0.161. The number of aliphatic hydroxyl groups excluding tert-OH is 1. The summed E-state index contributed by atoms with van der Waals surface area (Å²) in [5, 5.41) is 10.6. The van der Waals surface area contributed by atoms with Crippen LogP contribution in [0.3, 0.4) is 0 Å². The van der Waals surface area contributed by atoms with Crippen LogP contribution in [-0.2, 0) is 65.4 Å². The fraction of sp³-hybridized carbons (Fsp3) is 0.944. The number of hydrogen-bond donors (Lipinski definition) is 3. The van der Waals surface area contributed by atoms with Crippen LogP contribution in [0.25, 0.3) is 0 Å². The molecule has 0 saturated carbocycles. The van der Waals surface area contributed by atoms with Gasteiger partial charge in [0, 0.05) is 25.7 Å². The van der Waals surface area contributed by atoms with Gasteiger partial charge in [0.15, 0.2) is 12.2 Å². The molecule has 0 aliphatic carbocycles. The Morgan fingerprint density at radius 2 is 0.505 bits per heavy atom. The van der Waals surface area contributed by atoms with Gasteiger partial charge in [0.1, 0.15) is 19.3 Å². The molecule has 0 aromatic rings. The minimum Gasteiger partial charge on any atom is -0.462 e. The van der Waals surface area contributed by atoms with E-state index in [1.807, 2.05) is 0 Å². The van der Waals surface area contributed by atoms with E-state index in [0.29, 0.717) is 25.7 Å². The Hall–Kier alpha value is -1.94. The highest BCUT2D eigenvalue weighted by Gasteiger charge is 2.30. The van der Waals surface area contributed by atoms with Crippen molar-refractivity contribution < 1.29 is 80.2 Å². The molecule has 0 saturated heterocycles. The van der Waals surface area contributed by atoms with Gasteiger partial charge in [-0.1, -0.05) is 312 Å². The second-order valence-electron chi connectivity index (χ2n) is 27.4. The third-order valence-corrected chi connectivity index (χ3v) is 18.5. The Balaban J connectivity index is 5.16. The van der Waals surface area contributed by atoms with Crippen LogP contribution in [0, 0.1) is 17.8 Å². The van der Waals surface area contributed by atoms with Gasteiger partial charge in [0.25, 0.3) is 0 Å². The summed E-state index contributed by atoms with van der Waals surface area (Å²) in [5.74, 6) is 0.212. The molecule has 0 aliphatic heterocycles. The number of phosphoric ester groups is 2. The summed E-state index contributed by atoms with van der Waals surface area (Å²) in [7, 11) is -9.90. The van der Waals surface area contributed by atoms with Crippen molar-refractivity contribution in [1.82, 2.24) is 0 Å². The Morgan fingerprint density at radius 3 is 0.747 bits per heavy atom. The number of aliphatic hydroxyl groups is 1. The Morgan fingerprint density at radius 1 is 0.297 bits per heavy atom. The zero-order valence-electron chi connectivity index (χ0n) is 59.3. The molecule has 0 fully saturated rings. The smallest absolute Gasteiger partial charge is 0.462 e. The SMILES string of the molecule is CCCCCCCC(=O)OC[C@H](COP(=O)(O)OC[C@H](O)COP(=O)(O)OC[C@@H](COC(=O)CCCCCCCCCCCCCCC(C)C)OC(=O)CCCCCCCCCCCCCCCC(C)C)OC(=O)CCCCCCCCCCCCCCC(C)C. The first-order chi connectivity index (χ1) is 43.7. The van der Waals surface area contributed by atoms with Crippen molar-refractivity contribution in [2.45, 2.75) is 381 Å².